The lowest BCUT2D eigenvalue weighted by Gasteiger charge is -2.04. The first-order valence-electron chi connectivity index (χ1n) is 4.55. The molecule has 0 saturated carbocycles. The minimum atomic E-state index is -0.902. The van der Waals surface area contributed by atoms with E-state index in [1.807, 2.05) is 0 Å². The molecule has 1 atom stereocenters. The van der Waals surface area contributed by atoms with E-state index in [1.165, 1.54) is 17.5 Å². The van der Waals surface area contributed by atoms with Crippen LogP contribution in [0.25, 0.3) is 0 Å². The van der Waals surface area contributed by atoms with E-state index < -0.39 is 5.97 Å². The molecule has 1 aromatic rings. The van der Waals surface area contributed by atoms with Gasteiger partial charge in [-0.1, -0.05) is 0 Å². The van der Waals surface area contributed by atoms with Crippen molar-refractivity contribution in [2.24, 2.45) is 0 Å². The maximum Gasteiger partial charge on any atom is 0.347 e. The number of hydrogen-bond acceptors (Lipinski definition) is 4. The van der Waals surface area contributed by atoms with E-state index in [9.17, 15) is 4.79 Å². The van der Waals surface area contributed by atoms with Gasteiger partial charge in [0.05, 0.1) is 17.3 Å². The molecule has 2 rings (SSSR count). The summed E-state index contributed by atoms with van der Waals surface area (Å²) in [5.74, 6) is -0.902. The molecule has 76 valence electrons. The lowest BCUT2D eigenvalue weighted by Crippen LogP contribution is -2.08. The maximum atomic E-state index is 10.6. The highest BCUT2D eigenvalue weighted by atomic mass is 32.1. The SMILES string of the molecule is O=C(O)c1cnc(CC2CCCO2)s1. The van der Waals surface area contributed by atoms with Crippen molar-refractivity contribution in [2.45, 2.75) is 25.4 Å². The third-order valence-electron chi connectivity index (χ3n) is 2.19. The molecule has 1 aromatic heterocycles. The average molecular weight is 213 g/mol. The van der Waals surface area contributed by atoms with Gasteiger partial charge < -0.3 is 9.84 Å². The molecule has 14 heavy (non-hydrogen) atoms. The lowest BCUT2D eigenvalue weighted by molar-refractivity contribution is 0.0702. The Morgan fingerprint density at radius 1 is 1.79 bits per heavy atom. The zero-order valence-corrected chi connectivity index (χ0v) is 8.42. The lowest BCUT2D eigenvalue weighted by atomic mass is 10.2. The molecule has 0 spiro atoms. The summed E-state index contributed by atoms with van der Waals surface area (Å²) in [6, 6.07) is 0. The Labute approximate surface area is 85.5 Å². The van der Waals surface area contributed by atoms with E-state index in [0.29, 0.717) is 4.88 Å². The second-order valence-electron chi connectivity index (χ2n) is 3.26. The van der Waals surface area contributed by atoms with Crippen LogP contribution >= 0.6 is 11.3 Å². The van der Waals surface area contributed by atoms with E-state index in [0.717, 1.165) is 30.9 Å². The molecule has 1 N–H and O–H groups in total. The third-order valence-corrected chi connectivity index (χ3v) is 3.20. The van der Waals surface area contributed by atoms with Crippen molar-refractivity contribution >= 4 is 17.3 Å². The molecule has 0 aromatic carbocycles. The van der Waals surface area contributed by atoms with Gasteiger partial charge in [0.1, 0.15) is 4.88 Å². The largest absolute Gasteiger partial charge is 0.477 e. The van der Waals surface area contributed by atoms with Crippen LogP contribution in [-0.2, 0) is 11.2 Å². The Hall–Kier alpha value is -0.940. The second-order valence-corrected chi connectivity index (χ2v) is 4.38. The van der Waals surface area contributed by atoms with Crippen molar-refractivity contribution in [2.75, 3.05) is 6.61 Å². The maximum absolute atomic E-state index is 10.6. The number of hydrogen-bond donors (Lipinski definition) is 1. The summed E-state index contributed by atoms with van der Waals surface area (Å²) in [6.45, 7) is 0.821. The number of aromatic nitrogens is 1. The van der Waals surface area contributed by atoms with Gasteiger partial charge in [-0.3, -0.25) is 0 Å². The Bertz CT molecular complexity index is 331. The summed E-state index contributed by atoms with van der Waals surface area (Å²) in [7, 11) is 0. The molecule has 1 aliphatic heterocycles. The highest BCUT2D eigenvalue weighted by Gasteiger charge is 2.18. The third kappa shape index (κ3) is 2.10. The first-order valence-corrected chi connectivity index (χ1v) is 5.37. The van der Waals surface area contributed by atoms with E-state index in [2.05, 4.69) is 4.98 Å². The second kappa shape index (κ2) is 4.06. The summed E-state index contributed by atoms with van der Waals surface area (Å²) in [5, 5.41) is 9.55. The molecular weight excluding hydrogens is 202 g/mol. The topological polar surface area (TPSA) is 59.4 Å². The normalized spacial score (nSPS) is 21.3. The van der Waals surface area contributed by atoms with E-state index in [4.69, 9.17) is 9.84 Å². The molecule has 1 aliphatic rings. The van der Waals surface area contributed by atoms with Gasteiger partial charge in [0, 0.05) is 13.0 Å². The van der Waals surface area contributed by atoms with Crippen LogP contribution < -0.4 is 0 Å². The van der Waals surface area contributed by atoms with Crippen LogP contribution in [0.3, 0.4) is 0 Å². The fourth-order valence-corrected chi connectivity index (χ4v) is 2.32. The molecule has 1 unspecified atom stereocenters. The van der Waals surface area contributed by atoms with Crippen molar-refractivity contribution < 1.29 is 14.6 Å². The van der Waals surface area contributed by atoms with E-state index in [1.54, 1.807) is 0 Å². The van der Waals surface area contributed by atoms with Crippen molar-refractivity contribution in [3.8, 4) is 0 Å². The monoisotopic (exact) mass is 213 g/mol. The molecule has 0 radical (unpaired) electrons. The Morgan fingerprint density at radius 2 is 2.64 bits per heavy atom. The Morgan fingerprint density at radius 3 is 3.21 bits per heavy atom. The van der Waals surface area contributed by atoms with Gasteiger partial charge in [0.25, 0.3) is 0 Å². The quantitative estimate of drug-likeness (QED) is 0.827. The smallest absolute Gasteiger partial charge is 0.347 e. The van der Waals surface area contributed by atoms with Crippen molar-refractivity contribution in [1.82, 2.24) is 4.98 Å². The van der Waals surface area contributed by atoms with Crippen LogP contribution in [0, 0.1) is 0 Å². The van der Waals surface area contributed by atoms with Crippen LogP contribution in [0.4, 0.5) is 0 Å². The standard InChI is InChI=1S/C9H11NO3S/c11-9(12)7-5-10-8(14-7)4-6-2-1-3-13-6/h5-6H,1-4H2,(H,11,12). The van der Waals surface area contributed by atoms with Crippen LogP contribution in [0.15, 0.2) is 6.20 Å². The molecule has 0 aliphatic carbocycles. The summed E-state index contributed by atoms with van der Waals surface area (Å²) in [5.41, 5.74) is 0. The van der Waals surface area contributed by atoms with Gasteiger partial charge in [-0.25, -0.2) is 9.78 Å². The highest BCUT2D eigenvalue weighted by molar-refractivity contribution is 7.13. The number of carbonyl (C=O) groups is 1. The number of aromatic carboxylic acids is 1. The molecule has 5 heteroatoms. The van der Waals surface area contributed by atoms with Crippen LogP contribution in [-0.4, -0.2) is 28.8 Å². The van der Waals surface area contributed by atoms with Gasteiger partial charge in [-0.15, -0.1) is 11.3 Å². The molecular formula is C9H11NO3S. The molecule has 0 bridgehead atoms. The Balaban J connectivity index is 1.98. The van der Waals surface area contributed by atoms with Crippen molar-refractivity contribution in [3.05, 3.63) is 16.1 Å². The summed E-state index contributed by atoms with van der Waals surface area (Å²) in [6.07, 6.45) is 4.56. The van der Waals surface area contributed by atoms with E-state index >= 15 is 0 Å². The van der Waals surface area contributed by atoms with Crippen LogP contribution in [0.1, 0.15) is 27.5 Å². The van der Waals surface area contributed by atoms with E-state index in [-0.39, 0.29) is 6.10 Å². The number of carboxylic acids is 1. The van der Waals surface area contributed by atoms with Crippen molar-refractivity contribution in [1.29, 1.82) is 0 Å². The van der Waals surface area contributed by atoms with Gasteiger partial charge in [-0.2, -0.15) is 0 Å². The molecule has 1 saturated heterocycles. The number of rotatable bonds is 3. The fraction of sp³-hybridized carbons (Fsp3) is 0.556. The van der Waals surface area contributed by atoms with Gasteiger partial charge in [0.2, 0.25) is 0 Å². The number of ether oxygens (including phenoxy) is 1. The summed E-state index contributed by atoms with van der Waals surface area (Å²) in [4.78, 5) is 15.0. The van der Waals surface area contributed by atoms with Gasteiger partial charge >= 0.3 is 5.97 Å². The molecule has 4 nitrogen and oxygen atoms in total. The minimum absolute atomic E-state index is 0.239. The Kier molecular flexibility index (Phi) is 2.79. The molecule has 2 heterocycles. The van der Waals surface area contributed by atoms with Gasteiger partial charge in [-0.05, 0) is 12.8 Å². The first kappa shape index (κ1) is 9.61. The van der Waals surface area contributed by atoms with Crippen LogP contribution in [0.2, 0.25) is 0 Å². The predicted octanol–water partition coefficient (Wildman–Crippen LogP) is 1.56. The zero-order valence-electron chi connectivity index (χ0n) is 7.60. The zero-order chi connectivity index (χ0) is 9.97. The minimum Gasteiger partial charge on any atom is -0.477 e. The number of thiazole rings is 1. The van der Waals surface area contributed by atoms with Crippen molar-refractivity contribution in [3.63, 3.8) is 0 Å². The number of nitrogens with zero attached hydrogens (tertiary/aromatic N) is 1. The van der Waals surface area contributed by atoms with Gasteiger partial charge in [0.15, 0.2) is 0 Å². The van der Waals surface area contributed by atoms with Crippen LogP contribution in [0.5, 0.6) is 0 Å². The first-order chi connectivity index (χ1) is 6.75. The predicted molar refractivity (Wildman–Crippen MR) is 51.8 cm³/mol. The highest BCUT2D eigenvalue weighted by Crippen LogP contribution is 2.20. The number of carboxylic acid groups (broad SMARTS) is 1. The molecule has 0 amide bonds. The fourth-order valence-electron chi connectivity index (χ4n) is 1.50. The summed E-state index contributed by atoms with van der Waals surface area (Å²) < 4.78 is 5.45. The average Bonchev–Trinajstić information content (AvgIpc) is 2.75. The summed E-state index contributed by atoms with van der Waals surface area (Å²) >= 11 is 1.24. The molecule has 1 fully saturated rings.